The van der Waals surface area contributed by atoms with Crippen LogP contribution in [-0.4, -0.2) is 18.5 Å². The van der Waals surface area contributed by atoms with Gasteiger partial charge < -0.3 is 16.8 Å². The molecule has 0 heterocycles. The molecule has 0 spiro atoms. The maximum absolute atomic E-state index is 11.9. The van der Waals surface area contributed by atoms with Gasteiger partial charge in [-0.15, -0.1) is 0 Å². The maximum atomic E-state index is 11.9. The van der Waals surface area contributed by atoms with E-state index in [1.807, 2.05) is 42.5 Å². The van der Waals surface area contributed by atoms with E-state index in [-0.39, 0.29) is 5.91 Å². The van der Waals surface area contributed by atoms with Gasteiger partial charge in [0.15, 0.2) is 0 Å². The summed E-state index contributed by atoms with van der Waals surface area (Å²) in [6.45, 7) is 0.553. The average molecular weight is 257 g/mol. The monoisotopic (exact) mass is 257 g/mol. The second kappa shape index (κ2) is 6.31. The lowest BCUT2D eigenvalue weighted by Gasteiger charge is -2.12. The second-order valence-corrected chi connectivity index (χ2v) is 4.59. The minimum atomic E-state index is -0.505. The molecule has 5 N–H and O–H groups in total. The number of hydrogen-bond donors (Lipinski definition) is 3. The Morgan fingerprint density at radius 1 is 1.16 bits per heavy atom. The molecule has 0 aliphatic rings. The Morgan fingerprint density at radius 2 is 1.89 bits per heavy atom. The van der Waals surface area contributed by atoms with E-state index in [1.54, 1.807) is 0 Å². The first kappa shape index (κ1) is 13.5. The van der Waals surface area contributed by atoms with Gasteiger partial charge in [-0.05, 0) is 42.3 Å². The summed E-state index contributed by atoms with van der Waals surface area (Å²) in [5.41, 5.74) is 12.0. The standard InChI is InChI=1S/C15H19N3O/c16-9-3-6-14(17)15(19)18-13-8-7-11-4-1-2-5-12(11)10-13/h1-2,4-5,7-8,10,14H,3,6,9,16-17H2,(H,18,19)/t14-/m0/s1. The van der Waals surface area contributed by atoms with Crippen molar-refractivity contribution in [3.05, 3.63) is 42.5 Å². The van der Waals surface area contributed by atoms with Crippen LogP contribution in [0.3, 0.4) is 0 Å². The lowest BCUT2D eigenvalue weighted by molar-refractivity contribution is -0.117. The lowest BCUT2D eigenvalue weighted by Crippen LogP contribution is -2.35. The van der Waals surface area contributed by atoms with Gasteiger partial charge in [-0.1, -0.05) is 30.3 Å². The summed E-state index contributed by atoms with van der Waals surface area (Å²) in [7, 11) is 0. The molecule has 19 heavy (non-hydrogen) atoms. The molecule has 0 aliphatic carbocycles. The molecule has 2 rings (SSSR count). The number of carbonyl (C=O) groups is 1. The quantitative estimate of drug-likeness (QED) is 0.764. The van der Waals surface area contributed by atoms with Gasteiger partial charge in [0.1, 0.15) is 0 Å². The smallest absolute Gasteiger partial charge is 0.241 e. The zero-order valence-electron chi connectivity index (χ0n) is 10.8. The molecule has 1 amide bonds. The molecular formula is C15H19N3O. The highest BCUT2D eigenvalue weighted by atomic mass is 16.2. The third-order valence-electron chi connectivity index (χ3n) is 3.07. The van der Waals surface area contributed by atoms with Crippen molar-refractivity contribution in [1.82, 2.24) is 0 Å². The van der Waals surface area contributed by atoms with Crippen molar-refractivity contribution in [2.24, 2.45) is 11.5 Å². The zero-order valence-corrected chi connectivity index (χ0v) is 10.8. The highest BCUT2D eigenvalue weighted by molar-refractivity contribution is 5.97. The number of carbonyl (C=O) groups excluding carboxylic acids is 1. The van der Waals surface area contributed by atoms with Gasteiger partial charge in [-0.2, -0.15) is 0 Å². The van der Waals surface area contributed by atoms with Crippen LogP contribution in [0, 0.1) is 0 Å². The number of rotatable bonds is 5. The molecule has 0 saturated carbocycles. The van der Waals surface area contributed by atoms with Gasteiger partial charge in [0.05, 0.1) is 6.04 Å². The van der Waals surface area contributed by atoms with Crippen LogP contribution in [-0.2, 0) is 4.79 Å². The molecule has 1 atom stereocenters. The fourth-order valence-electron chi connectivity index (χ4n) is 1.97. The minimum absolute atomic E-state index is 0.163. The van der Waals surface area contributed by atoms with Gasteiger partial charge in [0, 0.05) is 5.69 Å². The summed E-state index contributed by atoms with van der Waals surface area (Å²) in [6.07, 6.45) is 1.36. The first-order chi connectivity index (χ1) is 9.20. The van der Waals surface area contributed by atoms with Crippen LogP contribution in [0.4, 0.5) is 5.69 Å². The molecule has 100 valence electrons. The molecule has 4 nitrogen and oxygen atoms in total. The molecule has 2 aromatic rings. The Bertz CT molecular complexity index is 568. The number of nitrogens with two attached hydrogens (primary N) is 2. The molecule has 0 aromatic heterocycles. The predicted octanol–water partition coefficient (Wildman–Crippen LogP) is 1.84. The van der Waals surface area contributed by atoms with Gasteiger partial charge in [-0.25, -0.2) is 0 Å². The van der Waals surface area contributed by atoms with Crippen LogP contribution < -0.4 is 16.8 Å². The molecule has 2 aromatic carbocycles. The third-order valence-corrected chi connectivity index (χ3v) is 3.07. The van der Waals surface area contributed by atoms with Crippen molar-refractivity contribution >= 4 is 22.4 Å². The predicted molar refractivity (Wildman–Crippen MR) is 78.8 cm³/mol. The molecule has 0 unspecified atom stereocenters. The maximum Gasteiger partial charge on any atom is 0.241 e. The van der Waals surface area contributed by atoms with Crippen LogP contribution in [0.1, 0.15) is 12.8 Å². The second-order valence-electron chi connectivity index (χ2n) is 4.59. The molecule has 0 saturated heterocycles. The number of nitrogens with one attached hydrogen (secondary N) is 1. The molecule has 0 fully saturated rings. The van der Waals surface area contributed by atoms with E-state index >= 15 is 0 Å². The molecule has 4 heteroatoms. The normalized spacial score (nSPS) is 12.3. The summed E-state index contributed by atoms with van der Waals surface area (Å²) >= 11 is 0. The minimum Gasteiger partial charge on any atom is -0.330 e. The Hall–Kier alpha value is -1.91. The largest absolute Gasteiger partial charge is 0.330 e. The SMILES string of the molecule is NCCC[C@H](N)C(=O)Nc1ccc2ccccc2c1. The highest BCUT2D eigenvalue weighted by Gasteiger charge is 2.12. The first-order valence-electron chi connectivity index (χ1n) is 6.46. The van der Waals surface area contributed by atoms with Crippen LogP contribution >= 0.6 is 0 Å². The molecule has 0 bridgehead atoms. The third kappa shape index (κ3) is 3.53. The summed E-state index contributed by atoms with van der Waals surface area (Å²) in [5.74, 6) is -0.163. The molecule has 0 radical (unpaired) electrons. The van der Waals surface area contributed by atoms with E-state index in [2.05, 4.69) is 5.32 Å². The fraction of sp³-hybridized carbons (Fsp3) is 0.267. The summed E-state index contributed by atoms with van der Waals surface area (Å²) in [4.78, 5) is 11.9. The van der Waals surface area contributed by atoms with Crippen LogP contribution in [0.25, 0.3) is 10.8 Å². The fourth-order valence-corrected chi connectivity index (χ4v) is 1.97. The number of anilines is 1. The highest BCUT2D eigenvalue weighted by Crippen LogP contribution is 2.18. The van der Waals surface area contributed by atoms with Crippen LogP contribution in [0.5, 0.6) is 0 Å². The van der Waals surface area contributed by atoms with Crippen molar-refractivity contribution in [3.63, 3.8) is 0 Å². The van der Waals surface area contributed by atoms with E-state index < -0.39 is 6.04 Å². The van der Waals surface area contributed by atoms with E-state index in [0.717, 1.165) is 22.9 Å². The van der Waals surface area contributed by atoms with Gasteiger partial charge in [-0.3, -0.25) is 4.79 Å². The van der Waals surface area contributed by atoms with Gasteiger partial charge in [0.2, 0.25) is 5.91 Å². The Morgan fingerprint density at radius 3 is 2.63 bits per heavy atom. The number of benzene rings is 2. The van der Waals surface area contributed by atoms with Crippen molar-refractivity contribution in [2.75, 3.05) is 11.9 Å². The molecular weight excluding hydrogens is 238 g/mol. The van der Waals surface area contributed by atoms with Crippen molar-refractivity contribution in [1.29, 1.82) is 0 Å². The van der Waals surface area contributed by atoms with Crippen molar-refractivity contribution in [2.45, 2.75) is 18.9 Å². The Kier molecular flexibility index (Phi) is 4.49. The van der Waals surface area contributed by atoms with Crippen molar-refractivity contribution in [3.8, 4) is 0 Å². The van der Waals surface area contributed by atoms with E-state index in [0.29, 0.717) is 13.0 Å². The van der Waals surface area contributed by atoms with Crippen LogP contribution in [0.15, 0.2) is 42.5 Å². The van der Waals surface area contributed by atoms with Crippen molar-refractivity contribution < 1.29 is 4.79 Å². The Balaban J connectivity index is 2.06. The Labute approximate surface area is 112 Å². The topological polar surface area (TPSA) is 81.1 Å². The number of hydrogen-bond acceptors (Lipinski definition) is 3. The van der Waals surface area contributed by atoms with E-state index in [4.69, 9.17) is 11.5 Å². The van der Waals surface area contributed by atoms with Gasteiger partial charge in [0.25, 0.3) is 0 Å². The zero-order chi connectivity index (χ0) is 13.7. The van der Waals surface area contributed by atoms with E-state index in [9.17, 15) is 4.79 Å². The molecule has 0 aliphatic heterocycles. The lowest BCUT2D eigenvalue weighted by atomic mass is 10.1. The van der Waals surface area contributed by atoms with Crippen LogP contribution in [0.2, 0.25) is 0 Å². The average Bonchev–Trinajstić information content (AvgIpc) is 2.44. The van der Waals surface area contributed by atoms with E-state index in [1.165, 1.54) is 0 Å². The summed E-state index contributed by atoms with van der Waals surface area (Å²) in [6, 6.07) is 13.3. The summed E-state index contributed by atoms with van der Waals surface area (Å²) in [5, 5.41) is 5.08. The summed E-state index contributed by atoms with van der Waals surface area (Å²) < 4.78 is 0. The number of amides is 1. The van der Waals surface area contributed by atoms with Gasteiger partial charge >= 0.3 is 0 Å². The number of fused-ring (bicyclic) bond motifs is 1. The first-order valence-corrected chi connectivity index (χ1v) is 6.46.